The molecular weight excluding hydrogens is 1530 g/mol. The van der Waals surface area contributed by atoms with Crippen molar-refractivity contribution in [3.8, 4) is 0 Å². The van der Waals surface area contributed by atoms with E-state index in [0.717, 1.165) is 180 Å². The summed E-state index contributed by atoms with van der Waals surface area (Å²) in [5.41, 5.74) is 0. The van der Waals surface area contributed by atoms with Crippen LogP contribution in [0.5, 0.6) is 0 Å². The van der Waals surface area contributed by atoms with Gasteiger partial charge in [0.05, 0.1) is 26.4 Å². The molecule has 5 atom stereocenters. The van der Waals surface area contributed by atoms with Gasteiger partial charge >= 0.3 is 33.6 Å². The molecule has 0 saturated heterocycles. The van der Waals surface area contributed by atoms with Crippen molar-refractivity contribution >= 4 is 33.6 Å². The van der Waals surface area contributed by atoms with Gasteiger partial charge in [0.25, 0.3) is 0 Å². The zero-order chi connectivity index (χ0) is 86.5. The summed E-state index contributed by atoms with van der Waals surface area (Å²) in [5, 5.41) is 20.8. The molecule has 18 heteroatoms. The Morgan fingerprint density at radius 3 is 0.706 bits per heavy atom. The highest BCUT2D eigenvalue weighted by atomic mass is 31.2. The van der Waals surface area contributed by atoms with E-state index in [0.29, 0.717) is 19.3 Å². The van der Waals surface area contributed by atoms with Crippen molar-refractivity contribution in [3.05, 3.63) is 182 Å². The molecule has 680 valence electrons. The van der Waals surface area contributed by atoms with Crippen molar-refractivity contribution in [1.82, 2.24) is 0 Å². The number of phosphoric ester groups is 2. The van der Waals surface area contributed by atoms with Crippen molar-refractivity contribution in [2.45, 2.75) is 399 Å². The summed E-state index contributed by atoms with van der Waals surface area (Å²) in [6.45, 7) is 2.44. The average molecular weight is 1700 g/mol. The number of allylic oxidation sites excluding steroid dienone is 30. The summed E-state index contributed by atoms with van der Waals surface area (Å²) < 4.78 is 61.5. The van der Waals surface area contributed by atoms with Crippen molar-refractivity contribution in [1.29, 1.82) is 0 Å². The summed E-state index contributed by atoms with van der Waals surface area (Å²) in [5.74, 6) is -1.59. The number of hydrogen-bond acceptors (Lipinski definition) is 14. The Morgan fingerprint density at radius 2 is 0.445 bits per heavy atom. The number of carbonyl (C=O) groups is 3. The Hall–Kier alpha value is -5.35. The van der Waals surface area contributed by atoms with Gasteiger partial charge in [-0.3, -0.25) is 32.5 Å². The minimum absolute atomic E-state index is 0.0806. The monoisotopic (exact) mass is 1700 g/mol. The molecule has 0 aliphatic rings. The molecule has 0 aliphatic heterocycles. The zero-order valence-corrected chi connectivity index (χ0v) is 76.8. The minimum atomic E-state index is -4.95. The largest absolute Gasteiger partial charge is 0.472 e. The number of ether oxygens (including phenoxy) is 3. The van der Waals surface area contributed by atoms with Gasteiger partial charge in [0.2, 0.25) is 0 Å². The highest BCUT2D eigenvalue weighted by Crippen LogP contribution is 2.45. The maximum Gasteiger partial charge on any atom is 0.472 e. The molecule has 0 bridgehead atoms. The first kappa shape index (κ1) is 114. The first-order valence-corrected chi connectivity index (χ1v) is 50.1. The van der Waals surface area contributed by atoms with Gasteiger partial charge < -0.3 is 34.2 Å². The lowest BCUT2D eigenvalue weighted by Gasteiger charge is -2.21. The highest BCUT2D eigenvalue weighted by molar-refractivity contribution is 7.47. The summed E-state index contributed by atoms with van der Waals surface area (Å²) >= 11 is 0. The topological polar surface area (TPSA) is 231 Å². The number of esters is 3. The van der Waals surface area contributed by atoms with Gasteiger partial charge in [0.1, 0.15) is 25.4 Å². The molecule has 16 nitrogen and oxygen atoms in total. The van der Waals surface area contributed by atoms with Crippen LogP contribution in [0.4, 0.5) is 0 Å². The zero-order valence-electron chi connectivity index (χ0n) is 75.0. The normalized spacial score (nSPS) is 14.6. The maximum atomic E-state index is 13.1. The SMILES string of the molecule is CC/C=C\C/C=C\C/C=C\C/C=C\C/C=C\C/C=C\CCCCCCCCC(=O)OC(COC(=O)CCCCCCCCCCCCC/C=C\C/C=C\C/C=C\C/C=C\C/C=C\CC)COP(=O)(O)OCC(O)COP(=O)(O)OCC(O)COC(=O)CCCCCCCCCCCCCCCCC/C=C\C/C=C\C/C=C\C/C=C\CCCCC. The second kappa shape index (κ2) is 91.8. The number of phosphoric acid groups is 2. The van der Waals surface area contributed by atoms with Crippen LogP contribution in [0.3, 0.4) is 0 Å². The fraction of sp³-hybridized carbons (Fsp3) is 0.673. The van der Waals surface area contributed by atoms with Crippen LogP contribution in [0.1, 0.15) is 380 Å². The van der Waals surface area contributed by atoms with E-state index in [-0.39, 0.29) is 19.3 Å². The lowest BCUT2D eigenvalue weighted by molar-refractivity contribution is -0.161. The molecule has 0 heterocycles. The highest BCUT2D eigenvalue weighted by Gasteiger charge is 2.29. The Bertz CT molecular complexity index is 2890. The molecule has 0 saturated carbocycles. The van der Waals surface area contributed by atoms with E-state index in [1.807, 2.05) is 0 Å². The van der Waals surface area contributed by atoms with E-state index in [2.05, 4.69) is 203 Å². The van der Waals surface area contributed by atoms with Crippen LogP contribution < -0.4 is 0 Å². The third-order valence-electron chi connectivity index (χ3n) is 19.6. The van der Waals surface area contributed by atoms with Crippen LogP contribution in [0.2, 0.25) is 0 Å². The first-order chi connectivity index (χ1) is 58.2. The molecule has 0 amide bonds. The van der Waals surface area contributed by atoms with Crippen molar-refractivity contribution in [2.75, 3.05) is 39.6 Å². The van der Waals surface area contributed by atoms with Crippen molar-refractivity contribution in [3.63, 3.8) is 0 Å². The van der Waals surface area contributed by atoms with Crippen LogP contribution in [0.15, 0.2) is 182 Å². The van der Waals surface area contributed by atoms with E-state index >= 15 is 0 Å². The Balaban J connectivity index is 4.65. The van der Waals surface area contributed by atoms with Gasteiger partial charge in [-0.15, -0.1) is 0 Å². The number of hydrogen-bond donors (Lipinski definition) is 4. The maximum absolute atomic E-state index is 13.1. The van der Waals surface area contributed by atoms with Crippen LogP contribution in [-0.2, 0) is 55.8 Å². The summed E-state index contributed by atoms with van der Waals surface area (Å²) in [7, 11) is -9.82. The fourth-order valence-electron chi connectivity index (χ4n) is 12.5. The summed E-state index contributed by atoms with van der Waals surface area (Å²) in [6.07, 6.45) is 121. The van der Waals surface area contributed by atoms with E-state index in [1.54, 1.807) is 0 Å². The van der Waals surface area contributed by atoms with Crippen molar-refractivity contribution < 1.29 is 75.8 Å². The van der Waals surface area contributed by atoms with E-state index in [1.165, 1.54) is 141 Å². The first-order valence-electron chi connectivity index (χ1n) is 47.1. The van der Waals surface area contributed by atoms with Gasteiger partial charge in [-0.1, -0.05) is 383 Å². The minimum Gasteiger partial charge on any atom is -0.463 e. The van der Waals surface area contributed by atoms with Gasteiger partial charge in [0, 0.05) is 19.3 Å². The van der Waals surface area contributed by atoms with Crippen LogP contribution in [0, 0.1) is 0 Å². The molecular formula is C101H170O16P2. The number of rotatable bonds is 88. The summed E-state index contributed by atoms with van der Waals surface area (Å²) in [4.78, 5) is 59.1. The lowest BCUT2D eigenvalue weighted by Crippen LogP contribution is -2.30. The Morgan fingerprint density at radius 1 is 0.244 bits per heavy atom. The van der Waals surface area contributed by atoms with Gasteiger partial charge in [0.15, 0.2) is 6.10 Å². The number of aliphatic hydroxyl groups is 2. The Kier molecular flexibility index (Phi) is 87.7. The Labute approximate surface area is 725 Å². The molecule has 0 radical (unpaired) electrons. The molecule has 0 fully saturated rings. The molecule has 119 heavy (non-hydrogen) atoms. The number of aliphatic hydroxyl groups excluding tert-OH is 2. The average Bonchev–Trinajstić information content (AvgIpc) is 0.905. The van der Waals surface area contributed by atoms with Gasteiger partial charge in [-0.2, -0.15) is 0 Å². The molecule has 0 aliphatic carbocycles. The third-order valence-corrected chi connectivity index (χ3v) is 21.5. The van der Waals surface area contributed by atoms with E-state index in [4.69, 9.17) is 32.3 Å². The fourth-order valence-corrected chi connectivity index (χ4v) is 14.1. The quantitative estimate of drug-likeness (QED) is 0.0146. The lowest BCUT2D eigenvalue weighted by atomic mass is 10.0. The number of unbranched alkanes of at least 4 members (excludes halogenated alkanes) is 35. The van der Waals surface area contributed by atoms with Crippen molar-refractivity contribution in [2.24, 2.45) is 0 Å². The molecule has 0 aromatic heterocycles. The molecule has 0 aromatic rings. The summed E-state index contributed by atoms with van der Waals surface area (Å²) in [6, 6.07) is 0. The standard InChI is InChI=1S/C101H170O16P2/c1-4-7-10-13-16-19-22-25-28-31-34-37-40-43-45-46-47-48-50-53-54-57-60-63-66-69-72-75-78-81-84-87-99(104)111-90-96(102)91-113-118(107,108)114-92-97(103)93-115-119(109,110)116-95-98(117-101(106)89-86-83-80-77-74-71-68-65-62-59-56-51-42-39-36-33-30-27-24-21-18-15-12-9-6-3)94-112-100(105)88-85-82-79-76-73-70-67-64-61-58-55-52-49-44-41-38-35-32-29-26-23-20-17-14-11-8-5-2/h8-9,11-12,16-21,25-30,34-39,43-45,49,51,56,62,65,96-98,102-103H,4-7,10,13-15,22-24,31-33,40-42,46-48,50,52-55,57-61,63-64,66-95H2,1-3H3,(H,107,108)(H,109,110)/b11-8-,12-9-,19-16-,20-17-,21-18-,28-25-,29-26-,30-27-,37-34-,38-35-,39-36-,45-43-,49-44-,56-51-,65-62-. The molecule has 4 N–H and O–H groups in total. The van der Waals surface area contributed by atoms with Gasteiger partial charge in [-0.05, 0) is 161 Å². The van der Waals surface area contributed by atoms with E-state index < -0.39 is 91.5 Å². The number of carbonyl (C=O) groups excluding carboxylic acids is 3. The van der Waals surface area contributed by atoms with Crippen LogP contribution >= 0.6 is 15.6 Å². The smallest absolute Gasteiger partial charge is 0.463 e. The van der Waals surface area contributed by atoms with Crippen LogP contribution in [-0.4, -0.2) is 95.9 Å². The molecule has 0 spiro atoms. The predicted octanol–water partition coefficient (Wildman–Crippen LogP) is 29.2. The van der Waals surface area contributed by atoms with Gasteiger partial charge in [-0.25, -0.2) is 9.13 Å². The van der Waals surface area contributed by atoms with E-state index in [9.17, 15) is 43.5 Å². The second-order valence-electron chi connectivity index (χ2n) is 31.0. The molecule has 5 unspecified atom stereocenters. The second-order valence-corrected chi connectivity index (χ2v) is 34.0. The van der Waals surface area contributed by atoms with Crippen LogP contribution in [0.25, 0.3) is 0 Å². The molecule has 0 aromatic carbocycles. The predicted molar refractivity (Wildman–Crippen MR) is 500 cm³/mol. The third kappa shape index (κ3) is 93.2. The molecule has 0 rings (SSSR count).